The van der Waals surface area contributed by atoms with Gasteiger partial charge in [-0.05, 0) is 43.4 Å². The quantitative estimate of drug-likeness (QED) is 0.772. The summed E-state index contributed by atoms with van der Waals surface area (Å²) in [5.74, 6) is 0.848. The van der Waals surface area contributed by atoms with Crippen molar-refractivity contribution < 1.29 is 0 Å². The largest absolute Gasteiger partial charge is 0.368 e. The lowest BCUT2D eigenvalue weighted by atomic mass is 9.88. The van der Waals surface area contributed by atoms with Gasteiger partial charge in [0.25, 0.3) is 0 Å². The SMILES string of the molecule is Cc1cnnc(NCC(C)(C)CCCN)c1. The Kier molecular flexibility index (Phi) is 4.68. The van der Waals surface area contributed by atoms with E-state index >= 15 is 0 Å². The molecule has 0 saturated carbocycles. The molecule has 16 heavy (non-hydrogen) atoms. The second-order valence-electron chi connectivity index (χ2n) is 5.03. The highest BCUT2D eigenvalue weighted by atomic mass is 15.2. The van der Waals surface area contributed by atoms with Crippen molar-refractivity contribution >= 4 is 5.82 Å². The van der Waals surface area contributed by atoms with Gasteiger partial charge in [0, 0.05) is 6.54 Å². The fourth-order valence-electron chi connectivity index (χ4n) is 1.55. The summed E-state index contributed by atoms with van der Waals surface area (Å²) in [6.45, 7) is 8.13. The molecule has 4 heteroatoms. The molecule has 1 aromatic heterocycles. The predicted molar refractivity (Wildman–Crippen MR) is 67.3 cm³/mol. The van der Waals surface area contributed by atoms with E-state index in [9.17, 15) is 0 Å². The molecule has 0 aliphatic heterocycles. The van der Waals surface area contributed by atoms with Crippen molar-refractivity contribution in [1.29, 1.82) is 0 Å². The van der Waals surface area contributed by atoms with E-state index in [-0.39, 0.29) is 5.41 Å². The fraction of sp³-hybridized carbons (Fsp3) is 0.667. The van der Waals surface area contributed by atoms with Gasteiger partial charge in [0.2, 0.25) is 0 Å². The second-order valence-corrected chi connectivity index (χ2v) is 5.03. The van der Waals surface area contributed by atoms with E-state index in [1.807, 2.05) is 13.0 Å². The standard InChI is InChI=1S/C12H22N4/c1-10-7-11(16-15-8-10)14-9-12(2,3)5-4-6-13/h7-8H,4-6,9,13H2,1-3H3,(H,14,16). The summed E-state index contributed by atoms with van der Waals surface area (Å²) in [7, 11) is 0. The number of rotatable bonds is 6. The van der Waals surface area contributed by atoms with Crippen LogP contribution < -0.4 is 11.1 Å². The molecule has 0 saturated heterocycles. The minimum atomic E-state index is 0.241. The molecule has 0 amide bonds. The summed E-state index contributed by atoms with van der Waals surface area (Å²) in [5.41, 5.74) is 6.88. The van der Waals surface area contributed by atoms with E-state index in [0.29, 0.717) is 0 Å². The number of nitrogens with zero attached hydrogens (tertiary/aromatic N) is 2. The second kappa shape index (κ2) is 5.80. The predicted octanol–water partition coefficient (Wildman–Crippen LogP) is 1.96. The average Bonchev–Trinajstić information content (AvgIpc) is 2.24. The maximum Gasteiger partial charge on any atom is 0.148 e. The maximum absolute atomic E-state index is 5.52. The lowest BCUT2D eigenvalue weighted by molar-refractivity contribution is 0.350. The summed E-state index contributed by atoms with van der Waals surface area (Å²) in [6, 6.07) is 2.01. The molecular weight excluding hydrogens is 200 g/mol. The molecule has 0 aliphatic carbocycles. The van der Waals surface area contributed by atoms with E-state index in [1.54, 1.807) is 6.20 Å². The van der Waals surface area contributed by atoms with Gasteiger partial charge in [-0.25, -0.2) is 0 Å². The minimum absolute atomic E-state index is 0.241. The molecule has 4 nitrogen and oxygen atoms in total. The molecule has 1 rings (SSSR count). The number of nitrogens with one attached hydrogen (secondary N) is 1. The van der Waals surface area contributed by atoms with Crippen LogP contribution in [0.25, 0.3) is 0 Å². The van der Waals surface area contributed by atoms with Crippen LogP contribution in [0.5, 0.6) is 0 Å². The number of anilines is 1. The van der Waals surface area contributed by atoms with Crippen LogP contribution in [-0.2, 0) is 0 Å². The molecule has 0 spiro atoms. The monoisotopic (exact) mass is 222 g/mol. The van der Waals surface area contributed by atoms with Crippen LogP contribution in [0.15, 0.2) is 12.3 Å². The Hall–Kier alpha value is -1.16. The molecular formula is C12H22N4. The zero-order valence-electron chi connectivity index (χ0n) is 10.5. The number of hydrogen-bond acceptors (Lipinski definition) is 4. The van der Waals surface area contributed by atoms with Crippen LogP contribution in [0.4, 0.5) is 5.82 Å². The lowest BCUT2D eigenvalue weighted by Crippen LogP contribution is -2.24. The molecule has 0 aromatic carbocycles. The molecule has 90 valence electrons. The minimum Gasteiger partial charge on any atom is -0.368 e. The summed E-state index contributed by atoms with van der Waals surface area (Å²) in [5, 5.41) is 11.3. The van der Waals surface area contributed by atoms with Gasteiger partial charge in [-0.15, -0.1) is 5.10 Å². The fourth-order valence-corrected chi connectivity index (χ4v) is 1.55. The zero-order chi connectivity index (χ0) is 12.0. The molecule has 1 heterocycles. The zero-order valence-corrected chi connectivity index (χ0v) is 10.5. The van der Waals surface area contributed by atoms with Gasteiger partial charge >= 0.3 is 0 Å². The maximum atomic E-state index is 5.52. The van der Waals surface area contributed by atoms with Crippen molar-refractivity contribution in [3.8, 4) is 0 Å². The summed E-state index contributed by atoms with van der Waals surface area (Å²) < 4.78 is 0. The highest BCUT2D eigenvalue weighted by Gasteiger charge is 2.16. The first kappa shape index (κ1) is 12.9. The number of hydrogen-bond donors (Lipinski definition) is 2. The first-order chi connectivity index (χ1) is 7.53. The summed E-state index contributed by atoms with van der Waals surface area (Å²) in [6.07, 6.45) is 3.94. The molecule has 0 unspecified atom stereocenters. The topological polar surface area (TPSA) is 63.8 Å². The van der Waals surface area contributed by atoms with Gasteiger partial charge in [0.15, 0.2) is 0 Å². The Morgan fingerprint density at radius 1 is 1.44 bits per heavy atom. The van der Waals surface area contributed by atoms with E-state index in [1.165, 1.54) is 0 Å². The van der Waals surface area contributed by atoms with Gasteiger partial charge in [-0.1, -0.05) is 13.8 Å². The molecule has 0 fully saturated rings. The Balaban J connectivity index is 2.44. The van der Waals surface area contributed by atoms with Gasteiger partial charge in [-0.2, -0.15) is 5.10 Å². The third-order valence-electron chi connectivity index (χ3n) is 2.60. The molecule has 0 bridgehead atoms. The van der Waals surface area contributed by atoms with Crippen molar-refractivity contribution in [2.24, 2.45) is 11.1 Å². The number of nitrogens with two attached hydrogens (primary N) is 1. The normalized spacial score (nSPS) is 11.5. The van der Waals surface area contributed by atoms with Crippen LogP contribution in [0, 0.1) is 12.3 Å². The molecule has 0 atom stereocenters. The first-order valence-electron chi connectivity index (χ1n) is 5.77. The van der Waals surface area contributed by atoms with Crippen molar-refractivity contribution in [1.82, 2.24) is 10.2 Å². The molecule has 1 aromatic rings. The highest BCUT2D eigenvalue weighted by Crippen LogP contribution is 2.22. The summed E-state index contributed by atoms with van der Waals surface area (Å²) in [4.78, 5) is 0. The summed E-state index contributed by atoms with van der Waals surface area (Å²) >= 11 is 0. The van der Waals surface area contributed by atoms with Gasteiger partial charge < -0.3 is 11.1 Å². The van der Waals surface area contributed by atoms with E-state index in [2.05, 4.69) is 29.4 Å². The van der Waals surface area contributed by atoms with E-state index < -0.39 is 0 Å². The molecule has 0 radical (unpaired) electrons. The van der Waals surface area contributed by atoms with Crippen molar-refractivity contribution in [2.45, 2.75) is 33.6 Å². The van der Waals surface area contributed by atoms with Crippen LogP contribution in [-0.4, -0.2) is 23.3 Å². The van der Waals surface area contributed by atoms with Crippen LogP contribution in [0.2, 0.25) is 0 Å². The van der Waals surface area contributed by atoms with Gasteiger partial charge in [-0.3, -0.25) is 0 Å². The number of aromatic nitrogens is 2. The van der Waals surface area contributed by atoms with E-state index in [4.69, 9.17) is 5.73 Å². The molecule has 0 aliphatic rings. The third kappa shape index (κ3) is 4.57. The third-order valence-corrected chi connectivity index (χ3v) is 2.60. The van der Waals surface area contributed by atoms with Crippen LogP contribution in [0.1, 0.15) is 32.3 Å². The smallest absolute Gasteiger partial charge is 0.148 e. The first-order valence-corrected chi connectivity index (χ1v) is 5.77. The van der Waals surface area contributed by atoms with Crippen molar-refractivity contribution in [2.75, 3.05) is 18.4 Å². The van der Waals surface area contributed by atoms with Crippen LogP contribution >= 0.6 is 0 Å². The van der Waals surface area contributed by atoms with Gasteiger partial charge in [0.1, 0.15) is 5.82 Å². The lowest BCUT2D eigenvalue weighted by Gasteiger charge is -2.24. The Labute approximate surface area is 97.6 Å². The van der Waals surface area contributed by atoms with Crippen molar-refractivity contribution in [3.05, 3.63) is 17.8 Å². The highest BCUT2D eigenvalue weighted by molar-refractivity contribution is 5.35. The van der Waals surface area contributed by atoms with Crippen molar-refractivity contribution in [3.63, 3.8) is 0 Å². The Morgan fingerprint density at radius 3 is 2.81 bits per heavy atom. The van der Waals surface area contributed by atoms with E-state index in [0.717, 1.165) is 37.3 Å². The van der Waals surface area contributed by atoms with Gasteiger partial charge in [0.05, 0.1) is 6.20 Å². The number of aryl methyl sites for hydroxylation is 1. The Bertz CT molecular complexity index is 323. The average molecular weight is 222 g/mol. The Morgan fingerprint density at radius 2 is 2.19 bits per heavy atom. The molecule has 3 N–H and O–H groups in total. The van der Waals surface area contributed by atoms with Crippen LogP contribution in [0.3, 0.4) is 0 Å².